The van der Waals surface area contributed by atoms with Gasteiger partial charge in [-0.1, -0.05) is 30.3 Å². The quantitative estimate of drug-likeness (QED) is 0.634. The van der Waals surface area contributed by atoms with Crippen LogP contribution >= 0.6 is 0 Å². The first kappa shape index (κ1) is 16.1. The average Bonchev–Trinajstić information content (AvgIpc) is 2.64. The van der Waals surface area contributed by atoms with Gasteiger partial charge in [-0.15, -0.1) is 0 Å². The maximum Gasteiger partial charge on any atom is 0.323 e. The Morgan fingerprint density at radius 3 is 1.96 bits per heavy atom. The highest BCUT2D eigenvalue weighted by Crippen LogP contribution is 2.21. The Morgan fingerprint density at radius 2 is 1.28 bits per heavy atom. The third-order valence-electron chi connectivity index (χ3n) is 3.50. The Balaban J connectivity index is 1.62. The van der Waals surface area contributed by atoms with E-state index in [4.69, 9.17) is 5.26 Å². The number of carbonyl (C=O) groups is 1. The summed E-state index contributed by atoms with van der Waals surface area (Å²) in [5.41, 5.74) is 3.55. The molecule has 3 aromatic rings. The first-order valence-corrected chi connectivity index (χ1v) is 7.74. The molecule has 122 valence electrons. The van der Waals surface area contributed by atoms with Gasteiger partial charge in [-0.2, -0.15) is 5.26 Å². The smallest absolute Gasteiger partial charge is 0.323 e. The van der Waals surface area contributed by atoms with E-state index in [1.54, 1.807) is 18.2 Å². The number of nitrogens with one attached hydrogen (secondary N) is 3. The molecule has 25 heavy (non-hydrogen) atoms. The molecule has 0 aliphatic heterocycles. The number of nitrogens with zero attached hydrogens (tertiary/aromatic N) is 1. The highest BCUT2D eigenvalue weighted by atomic mass is 16.2. The second-order valence-electron chi connectivity index (χ2n) is 5.30. The summed E-state index contributed by atoms with van der Waals surface area (Å²) in [7, 11) is 0. The molecule has 0 radical (unpaired) electrons. The summed E-state index contributed by atoms with van der Waals surface area (Å²) >= 11 is 0. The monoisotopic (exact) mass is 328 g/mol. The lowest BCUT2D eigenvalue weighted by Gasteiger charge is -2.10. The molecule has 0 saturated heterocycles. The summed E-state index contributed by atoms with van der Waals surface area (Å²) in [6, 6.07) is 25.6. The fraction of sp³-hybridized carbons (Fsp3) is 0. The Bertz CT molecular complexity index is 899. The van der Waals surface area contributed by atoms with Crippen LogP contribution in [0.1, 0.15) is 5.56 Å². The standard InChI is InChI=1S/C20H16N4O/c21-14-15-6-4-5-9-19(15)22-17-10-12-18(13-11-17)24-20(25)23-16-7-2-1-3-8-16/h1-13,22H,(H2,23,24,25). The fourth-order valence-corrected chi connectivity index (χ4v) is 2.30. The van der Waals surface area contributed by atoms with Crippen molar-refractivity contribution in [3.8, 4) is 6.07 Å². The van der Waals surface area contributed by atoms with E-state index < -0.39 is 0 Å². The van der Waals surface area contributed by atoms with Gasteiger partial charge in [0, 0.05) is 17.1 Å². The first-order chi connectivity index (χ1) is 12.2. The molecule has 0 unspecified atom stereocenters. The van der Waals surface area contributed by atoms with Crippen LogP contribution in [0, 0.1) is 11.3 Å². The third-order valence-corrected chi connectivity index (χ3v) is 3.50. The number of para-hydroxylation sites is 2. The molecule has 0 fully saturated rings. The second-order valence-corrected chi connectivity index (χ2v) is 5.30. The van der Waals surface area contributed by atoms with Gasteiger partial charge in [-0.3, -0.25) is 0 Å². The zero-order valence-electron chi connectivity index (χ0n) is 13.4. The molecule has 5 nitrogen and oxygen atoms in total. The summed E-state index contributed by atoms with van der Waals surface area (Å²) in [6.45, 7) is 0. The average molecular weight is 328 g/mol. The molecule has 5 heteroatoms. The largest absolute Gasteiger partial charge is 0.354 e. The van der Waals surface area contributed by atoms with Crippen LogP contribution in [0.4, 0.5) is 27.5 Å². The SMILES string of the molecule is N#Cc1ccccc1Nc1ccc(NC(=O)Nc2ccccc2)cc1. The Labute approximate surface area is 145 Å². The van der Waals surface area contributed by atoms with Crippen LogP contribution in [0.25, 0.3) is 0 Å². The predicted molar refractivity (Wildman–Crippen MR) is 100.0 cm³/mol. The topological polar surface area (TPSA) is 77.0 Å². The minimum absolute atomic E-state index is 0.304. The predicted octanol–water partition coefficient (Wildman–Crippen LogP) is 4.95. The summed E-state index contributed by atoms with van der Waals surface area (Å²) in [5.74, 6) is 0. The molecule has 0 aliphatic carbocycles. The molecule has 2 amide bonds. The lowest BCUT2D eigenvalue weighted by atomic mass is 10.2. The maximum atomic E-state index is 12.0. The molecule has 0 bridgehead atoms. The van der Waals surface area contributed by atoms with Gasteiger partial charge < -0.3 is 16.0 Å². The third kappa shape index (κ3) is 4.36. The Kier molecular flexibility index (Phi) is 4.93. The molecule has 3 aromatic carbocycles. The van der Waals surface area contributed by atoms with Gasteiger partial charge in [0.05, 0.1) is 11.3 Å². The van der Waals surface area contributed by atoms with E-state index in [2.05, 4.69) is 22.0 Å². The van der Waals surface area contributed by atoms with Crippen molar-refractivity contribution < 1.29 is 4.79 Å². The first-order valence-electron chi connectivity index (χ1n) is 7.74. The van der Waals surface area contributed by atoms with Crippen LogP contribution in [0.2, 0.25) is 0 Å². The number of benzene rings is 3. The number of hydrogen-bond donors (Lipinski definition) is 3. The van der Waals surface area contributed by atoms with Crippen LogP contribution in [-0.4, -0.2) is 6.03 Å². The van der Waals surface area contributed by atoms with Crippen molar-refractivity contribution in [1.29, 1.82) is 5.26 Å². The number of rotatable bonds is 4. The molecule has 3 rings (SSSR count). The van der Waals surface area contributed by atoms with Gasteiger partial charge in [-0.05, 0) is 48.5 Å². The van der Waals surface area contributed by atoms with E-state index >= 15 is 0 Å². The number of nitriles is 1. The van der Waals surface area contributed by atoms with Gasteiger partial charge in [0.2, 0.25) is 0 Å². The lowest BCUT2D eigenvalue weighted by molar-refractivity contribution is 0.262. The molecule has 0 aromatic heterocycles. The van der Waals surface area contributed by atoms with Gasteiger partial charge in [0.15, 0.2) is 0 Å². The Morgan fingerprint density at radius 1 is 0.720 bits per heavy atom. The van der Waals surface area contributed by atoms with Gasteiger partial charge in [0.25, 0.3) is 0 Å². The van der Waals surface area contributed by atoms with Crippen LogP contribution in [0.15, 0.2) is 78.9 Å². The summed E-state index contributed by atoms with van der Waals surface area (Å²) < 4.78 is 0. The van der Waals surface area contributed by atoms with Crippen molar-refractivity contribution >= 4 is 28.8 Å². The van der Waals surface area contributed by atoms with Gasteiger partial charge in [-0.25, -0.2) is 4.79 Å². The summed E-state index contributed by atoms with van der Waals surface area (Å²) in [6.07, 6.45) is 0. The molecule has 3 N–H and O–H groups in total. The molecule has 0 heterocycles. The van der Waals surface area contributed by atoms with Crippen LogP contribution in [0.3, 0.4) is 0 Å². The number of hydrogen-bond acceptors (Lipinski definition) is 3. The molecule has 0 atom stereocenters. The van der Waals surface area contributed by atoms with E-state index in [0.29, 0.717) is 11.3 Å². The minimum Gasteiger partial charge on any atom is -0.354 e. The van der Waals surface area contributed by atoms with E-state index in [1.165, 1.54) is 0 Å². The van der Waals surface area contributed by atoms with Crippen molar-refractivity contribution in [3.05, 3.63) is 84.4 Å². The van der Waals surface area contributed by atoms with Crippen molar-refractivity contribution in [2.75, 3.05) is 16.0 Å². The fourth-order valence-electron chi connectivity index (χ4n) is 2.30. The highest BCUT2D eigenvalue weighted by Gasteiger charge is 2.04. The van der Waals surface area contributed by atoms with Gasteiger partial charge >= 0.3 is 6.03 Å². The maximum absolute atomic E-state index is 12.0. The zero-order valence-corrected chi connectivity index (χ0v) is 13.4. The van der Waals surface area contributed by atoms with E-state index in [0.717, 1.165) is 17.1 Å². The van der Waals surface area contributed by atoms with Crippen LogP contribution in [0.5, 0.6) is 0 Å². The number of urea groups is 1. The zero-order chi connectivity index (χ0) is 17.5. The lowest BCUT2D eigenvalue weighted by Crippen LogP contribution is -2.19. The number of anilines is 4. The molecule has 0 aliphatic rings. The molecular weight excluding hydrogens is 312 g/mol. The van der Waals surface area contributed by atoms with Crippen molar-refractivity contribution in [2.24, 2.45) is 0 Å². The molecule has 0 spiro atoms. The van der Waals surface area contributed by atoms with Crippen LogP contribution < -0.4 is 16.0 Å². The van der Waals surface area contributed by atoms with E-state index in [9.17, 15) is 4.79 Å². The van der Waals surface area contributed by atoms with E-state index in [1.807, 2.05) is 60.7 Å². The van der Waals surface area contributed by atoms with E-state index in [-0.39, 0.29) is 6.03 Å². The van der Waals surface area contributed by atoms with Crippen molar-refractivity contribution in [1.82, 2.24) is 0 Å². The molecule has 0 saturated carbocycles. The number of carbonyl (C=O) groups excluding carboxylic acids is 1. The second kappa shape index (κ2) is 7.66. The summed E-state index contributed by atoms with van der Waals surface area (Å²) in [5, 5.41) is 17.8. The minimum atomic E-state index is -0.304. The normalized spacial score (nSPS) is 9.72. The number of amides is 2. The van der Waals surface area contributed by atoms with Crippen molar-refractivity contribution in [3.63, 3.8) is 0 Å². The van der Waals surface area contributed by atoms with Gasteiger partial charge in [0.1, 0.15) is 6.07 Å². The highest BCUT2D eigenvalue weighted by molar-refractivity contribution is 5.99. The summed E-state index contributed by atoms with van der Waals surface area (Å²) in [4.78, 5) is 12.0. The van der Waals surface area contributed by atoms with Crippen molar-refractivity contribution in [2.45, 2.75) is 0 Å². The Hall–Kier alpha value is -3.78. The molecular formula is C20H16N4O. The van der Waals surface area contributed by atoms with Crippen LogP contribution in [-0.2, 0) is 0 Å².